The van der Waals surface area contributed by atoms with Gasteiger partial charge in [0.25, 0.3) is 5.91 Å². The Balaban J connectivity index is 1.47. The Bertz CT molecular complexity index is 1060. The number of benzene rings is 3. The fourth-order valence-corrected chi connectivity index (χ4v) is 3.75. The Labute approximate surface area is 163 Å². The summed E-state index contributed by atoms with van der Waals surface area (Å²) in [6.45, 7) is 2.84. The van der Waals surface area contributed by atoms with Gasteiger partial charge in [-0.3, -0.25) is 9.59 Å². The number of aromatic hydroxyl groups is 1. The summed E-state index contributed by atoms with van der Waals surface area (Å²) in [4.78, 5) is 26.8. The summed E-state index contributed by atoms with van der Waals surface area (Å²) in [5.74, 6) is -0.391. The molecule has 1 aliphatic heterocycles. The van der Waals surface area contributed by atoms with Crippen LogP contribution in [-0.4, -0.2) is 34.4 Å². The fourth-order valence-electron chi connectivity index (χ4n) is 3.75. The maximum atomic E-state index is 12.5. The molecule has 2 N–H and O–H groups in total. The van der Waals surface area contributed by atoms with Gasteiger partial charge in [0, 0.05) is 19.5 Å². The molecule has 5 nitrogen and oxygen atoms in total. The van der Waals surface area contributed by atoms with Crippen LogP contribution in [0.15, 0.2) is 60.7 Å². The number of fused-ring (bicyclic) bond motifs is 1. The molecule has 0 aromatic heterocycles. The van der Waals surface area contributed by atoms with Crippen LogP contribution in [0.25, 0.3) is 10.8 Å². The molecule has 0 bridgehead atoms. The van der Waals surface area contributed by atoms with Crippen molar-refractivity contribution >= 4 is 22.6 Å². The number of likely N-dealkylation sites (tertiary alicyclic amines) is 1. The molecule has 0 aliphatic carbocycles. The first-order chi connectivity index (χ1) is 13.5. The highest BCUT2D eigenvalue weighted by atomic mass is 16.3. The van der Waals surface area contributed by atoms with Gasteiger partial charge in [0.1, 0.15) is 5.75 Å². The van der Waals surface area contributed by atoms with Gasteiger partial charge in [-0.2, -0.15) is 0 Å². The van der Waals surface area contributed by atoms with E-state index in [0.717, 1.165) is 21.9 Å². The zero-order chi connectivity index (χ0) is 19.7. The molecule has 0 radical (unpaired) electrons. The van der Waals surface area contributed by atoms with Gasteiger partial charge in [-0.25, -0.2) is 0 Å². The van der Waals surface area contributed by atoms with Gasteiger partial charge < -0.3 is 15.3 Å². The third-order valence-corrected chi connectivity index (χ3v) is 5.19. The van der Waals surface area contributed by atoms with E-state index < -0.39 is 0 Å². The molecule has 1 atom stereocenters. The van der Waals surface area contributed by atoms with Crippen molar-refractivity contribution in [3.63, 3.8) is 0 Å². The molecule has 3 aromatic rings. The van der Waals surface area contributed by atoms with Crippen LogP contribution in [0.3, 0.4) is 0 Å². The van der Waals surface area contributed by atoms with Crippen LogP contribution in [0.4, 0.5) is 0 Å². The molecule has 1 unspecified atom stereocenters. The maximum absolute atomic E-state index is 12.5. The number of nitrogens with zero attached hydrogens (tertiary/aromatic N) is 1. The van der Waals surface area contributed by atoms with Crippen LogP contribution in [0.1, 0.15) is 27.9 Å². The molecule has 4 rings (SSSR count). The second-order valence-electron chi connectivity index (χ2n) is 7.31. The number of rotatable bonds is 4. The summed E-state index contributed by atoms with van der Waals surface area (Å²) in [5, 5.41) is 15.1. The third kappa shape index (κ3) is 3.56. The lowest BCUT2D eigenvalue weighted by atomic mass is 10.0. The van der Waals surface area contributed by atoms with Crippen molar-refractivity contribution in [1.82, 2.24) is 10.2 Å². The lowest BCUT2D eigenvalue weighted by Crippen LogP contribution is -2.37. The van der Waals surface area contributed by atoms with E-state index >= 15 is 0 Å². The van der Waals surface area contributed by atoms with Crippen molar-refractivity contribution in [2.24, 2.45) is 0 Å². The molecule has 142 valence electrons. The van der Waals surface area contributed by atoms with Crippen molar-refractivity contribution in [1.29, 1.82) is 0 Å². The topological polar surface area (TPSA) is 69.6 Å². The molecule has 1 heterocycles. The van der Waals surface area contributed by atoms with E-state index in [1.54, 1.807) is 17.0 Å². The van der Waals surface area contributed by atoms with Crippen LogP contribution < -0.4 is 5.32 Å². The maximum Gasteiger partial charge on any atom is 0.255 e. The van der Waals surface area contributed by atoms with Crippen molar-refractivity contribution in [2.75, 3.05) is 6.54 Å². The van der Waals surface area contributed by atoms with E-state index in [0.29, 0.717) is 13.1 Å². The highest BCUT2D eigenvalue weighted by Crippen LogP contribution is 2.23. The zero-order valence-electron chi connectivity index (χ0n) is 15.7. The van der Waals surface area contributed by atoms with E-state index in [2.05, 4.69) is 23.5 Å². The fraction of sp³-hybridized carbons (Fsp3) is 0.217. The number of carbonyl (C=O) groups excluding carboxylic acids is 2. The molecule has 1 aliphatic rings. The van der Waals surface area contributed by atoms with Gasteiger partial charge in [-0.05, 0) is 35.4 Å². The Hall–Kier alpha value is -3.34. The lowest BCUT2D eigenvalue weighted by Gasteiger charge is -2.18. The highest BCUT2D eigenvalue weighted by molar-refractivity contribution is 5.97. The first-order valence-corrected chi connectivity index (χ1v) is 9.36. The van der Waals surface area contributed by atoms with Crippen molar-refractivity contribution in [2.45, 2.75) is 25.9 Å². The highest BCUT2D eigenvalue weighted by Gasteiger charge is 2.31. The van der Waals surface area contributed by atoms with E-state index in [4.69, 9.17) is 0 Å². The number of hydrogen-bond donors (Lipinski definition) is 2. The summed E-state index contributed by atoms with van der Waals surface area (Å²) in [5.41, 5.74) is 2.22. The summed E-state index contributed by atoms with van der Waals surface area (Å²) < 4.78 is 0. The lowest BCUT2D eigenvalue weighted by molar-refractivity contribution is -0.128. The third-order valence-electron chi connectivity index (χ3n) is 5.19. The Morgan fingerprint density at radius 2 is 1.93 bits per heavy atom. The summed E-state index contributed by atoms with van der Waals surface area (Å²) in [6, 6.07) is 18.8. The SMILES string of the molecule is Cc1ccc(O)c(C(=O)NC2CC(=O)N(Cc3cccc4ccccc34)C2)c1. The van der Waals surface area contributed by atoms with Gasteiger partial charge in [0.2, 0.25) is 5.91 Å². The molecular formula is C23H22N2O3. The first-order valence-electron chi connectivity index (χ1n) is 9.36. The average molecular weight is 374 g/mol. The molecule has 1 fully saturated rings. The van der Waals surface area contributed by atoms with Crippen molar-refractivity contribution in [3.05, 3.63) is 77.4 Å². The minimum atomic E-state index is -0.356. The molecule has 28 heavy (non-hydrogen) atoms. The Morgan fingerprint density at radius 1 is 1.14 bits per heavy atom. The van der Waals surface area contributed by atoms with Crippen LogP contribution in [0.5, 0.6) is 5.75 Å². The van der Waals surface area contributed by atoms with Gasteiger partial charge in [-0.15, -0.1) is 0 Å². The van der Waals surface area contributed by atoms with E-state index in [1.807, 2.05) is 31.2 Å². The number of carbonyl (C=O) groups is 2. The minimum absolute atomic E-state index is 0.0201. The molecule has 3 aromatic carbocycles. The molecule has 5 heteroatoms. The number of amides is 2. The van der Waals surface area contributed by atoms with Gasteiger partial charge >= 0.3 is 0 Å². The Kier molecular flexibility index (Phi) is 4.74. The average Bonchev–Trinajstić information content (AvgIpc) is 3.02. The van der Waals surface area contributed by atoms with Crippen LogP contribution >= 0.6 is 0 Å². The van der Waals surface area contributed by atoms with E-state index in [-0.39, 0.29) is 35.6 Å². The Morgan fingerprint density at radius 3 is 2.79 bits per heavy atom. The van der Waals surface area contributed by atoms with Gasteiger partial charge in [-0.1, -0.05) is 54.1 Å². The van der Waals surface area contributed by atoms with Crippen molar-refractivity contribution < 1.29 is 14.7 Å². The number of phenolic OH excluding ortho intramolecular Hbond substituents is 1. The summed E-state index contributed by atoms with van der Waals surface area (Å²) >= 11 is 0. The van der Waals surface area contributed by atoms with Crippen LogP contribution in [0, 0.1) is 6.92 Å². The van der Waals surface area contributed by atoms with Crippen molar-refractivity contribution in [3.8, 4) is 5.75 Å². The standard InChI is InChI=1S/C23H22N2O3/c1-15-9-10-21(26)20(11-15)23(28)24-18-12-22(27)25(14-18)13-17-7-4-6-16-5-2-3-8-19(16)17/h2-11,18,26H,12-14H2,1H3,(H,24,28). The predicted octanol–water partition coefficient (Wildman–Crippen LogP) is 3.38. The van der Waals surface area contributed by atoms with Gasteiger partial charge in [0.05, 0.1) is 11.6 Å². The molecule has 1 saturated heterocycles. The number of nitrogens with one attached hydrogen (secondary N) is 1. The second kappa shape index (κ2) is 7.35. The van der Waals surface area contributed by atoms with E-state index in [9.17, 15) is 14.7 Å². The number of phenols is 1. The summed E-state index contributed by atoms with van der Waals surface area (Å²) in [6.07, 6.45) is 0.267. The minimum Gasteiger partial charge on any atom is -0.507 e. The number of hydrogen-bond acceptors (Lipinski definition) is 3. The second-order valence-corrected chi connectivity index (χ2v) is 7.31. The van der Waals surface area contributed by atoms with E-state index in [1.165, 1.54) is 6.07 Å². The normalized spacial score (nSPS) is 16.5. The predicted molar refractivity (Wildman–Crippen MR) is 108 cm³/mol. The quantitative estimate of drug-likeness (QED) is 0.735. The smallest absolute Gasteiger partial charge is 0.255 e. The largest absolute Gasteiger partial charge is 0.507 e. The molecule has 0 saturated carbocycles. The monoisotopic (exact) mass is 374 g/mol. The van der Waals surface area contributed by atoms with Gasteiger partial charge in [0.15, 0.2) is 0 Å². The molecule has 0 spiro atoms. The summed E-state index contributed by atoms with van der Waals surface area (Å²) in [7, 11) is 0. The molecule has 2 amide bonds. The van der Waals surface area contributed by atoms with Crippen LogP contribution in [-0.2, 0) is 11.3 Å². The molecular weight excluding hydrogens is 352 g/mol. The first kappa shape index (κ1) is 18.0. The zero-order valence-corrected chi connectivity index (χ0v) is 15.7. The van der Waals surface area contributed by atoms with Crippen LogP contribution in [0.2, 0.25) is 0 Å². The number of aryl methyl sites for hydroxylation is 1.